The van der Waals surface area contributed by atoms with E-state index in [0.29, 0.717) is 16.8 Å². The fourth-order valence-corrected chi connectivity index (χ4v) is 1.50. The Balaban J connectivity index is 3.25. The van der Waals surface area contributed by atoms with Gasteiger partial charge in [0, 0.05) is 12.1 Å². The molecule has 0 amide bonds. The van der Waals surface area contributed by atoms with Crippen molar-refractivity contribution in [1.29, 1.82) is 0 Å². The zero-order valence-electron chi connectivity index (χ0n) is 6.60. The highest BCUT2D eigenvalue weighted by atomic mass is 79.9. The number of hydrogen-bond donors (Lipinski definition) is 1. The van der Waals surface area contributed by atoms with Crippen molar-refractivity contribution in [3.8, 4) is 5.75 Å². The van der Waals surface area contributed by atoms with E-state index in [4.69, 9.17) is 10.5 Å². The molecule has 1 rings (SSSR count). The second kappa shape index (κ2) is 3.87. The predicted octanol–water partition coefficient (Wildman–Crippen LogP) is 2.06. The maximum Gasteiger partial charge on any atom is 0.141 e. The summed E-state index contributed by atoms with van der Waals surface area (Å²) < 4.78 is 18.2. The normalized spacial score (nSPS) is 10.0. The molecular formula is C8H9BrFNO. The predicted molar refractivity (Wildman–Crippen MR) is 48.5 cm³/mol. The van der Waals surface area contributed by atoms with Crippen LogP contribution in [0.4, 0.5) is 4.39 Å². The largest absolute Gasteiger partial charge is 0.495 e. The van der Waals surface area contributed by atoms with E-state index >= 15 is 0 Å². The monoisotopic (exact) mass is 233 g/mol. The van der Waals surface area contributed by atoms with Crippen molar-refractivity contribution in [2.45, 2.75) is 6.54 Å². The van der Waals surface area contributed by atoms with Crippen LogP contribution in [0.1, 0.15) is 5.56 Å². The van der Waals surface area contributed by atoms with Gasteiger partial charge >= 0.3 is 0 Å². The molecule has 2 N–H and O–H groups in total. The number of rotatable bonds is 2. The average molecular weight is 234 g/mol. The zero-order chi connectivity index (χ0) is 9.14. The lowest BCUT2D eigenvalue weighted by molar-refractivity contribution is 0.402. The van der Waals surface area contributed by atoms with Crippen LogP contribution in [0.15, 0.2) is 16.6 Å². The Kier molecular flexibility index (Phi) is 3.05. The lowest BCUT2D eigenvalue weighted by Gasteiger charge is -2.08. The van der Waals surface area contributed by atoms with Gasteiger partial charge in [-0.25, -0.2) is 4.39 Å². The van der Waals surface area contributed by atoms with Crippen LogP contribution in [0.5, 0.6) is 5.75 Å². The maximum atomic E-state index is 12.9. The second-order valence-corrected chi connectivity index (χ2v) is 3.05. The van der Waals surface area contributed by atoms with E-state index in [-0.39, 0.29) is 5.82 Å². The van der Waals surface area contributed by atoms with Crippen molar-refractivity contribution < 1.29 is 9.13 Å². The van der Waals surface area contributed by atoms with Gasteiger partial charge in [0.2, 0.25) is 0 Å². The summed E-state index contributed by atoms with van der Waals surface area (Å²) in [5.74, 6) is 0.126. The summed E-state index contributed by atoms with van der Waals surface area (Å²) in [7, 11) is 1.48. The van der Waals surface area contributed by atoms with Gasteiger partial charge in [-0.3, -0.25) is 0 Å². The summed E-state index contributed by atoms with van der Waals surface area (Å²) in [4.78, 5) is 0. The molecule has 0 radical (unpaired) electrons. The van der Waals surface area contributed by atoms with Gasteiger partial charge in [-0.15, -0.1) is 0 Å². The number of halogens is 2. The fraction of sp³-hybridized carbons (Fsp3) is 0.250. The molecular weight excluding hydrogens is 225 g/mol. The lowest BCUT2D eigenvalue weighted by Crippen LogP contribution is -2.01. The quantitative estimate of drug-likeness (QED) is 0.849. The molecule has 0 saturated carbocycles. The van der Waals surface area contributed by atoms with Gasteiger partial charge in [0.25, 0.3) is 0 Å². The molecule has 0 fully saturated rings. The van der Waals surface area contributed by atoms with Crippen LogP contribution < -0.4 is 10.5 Å². The van der Waals surface area contributed by atoms with E-state index in [2.05, 4.69) is 15.9 Å². The van der Waals surface area contributed by atoms with Gasteiger partial charge in [0.15, 0.2) is 0 Å². The standard InChI is InChI=1S/C8H9BrFNO/c1-12-8-5(4-11)2-3-6(10)7(8)9/h2-3H,4,11H2,1H3. The minimum absolute atomic E-state index is 0.327. The third-order valence-electron chi connectivity index (χ3n) is 1.56. The van der Waals surface area contributed by atoms with Gasteiger partial charge in [-0.1, -0.05) is 6.07 Å². The van der Waals surface area contributed by atoms with E-state index in [1.54, 1.807) is 6.07 Å². The topological polar surface area (TPSA) is 35.2 Å². The van der Waals surface area contributed by atoms with E-state index in [1.165, 1.54) is 13.2 Å². The van der Waals surface area contributed by atoms with Crippen molar-refractivity contribution in [2.75, 3.05) is 7.11 Å². The van der Waals surface area contributed by atoms with Crippen LogP contribution in [0.2, 0.25) is 0 Å². The molecule has 0 bridgehead atoms. The smallest absolute Gasteiger partial charge is 0.141 e. The minimum Gasteiger partial charge on any atom is -0.495 e. The first-order valence-corrected chi connectivity index (χ1v) is 4.21. The molecule has 0 aromatic heterocycles. The van der Waals surface area contributed by atoms with Crippen molar-refractivity contribution in [2.24, 2.45) is 5.73 Å². The third kappa shape index (κ3) is 1.59. The third-order valence-corrected chi connectivity index (χ3v) is 2.29. The van der Waals surface area contributed by atoms with Gasteiger partial charge in [0.05, 0.1) is 11.6 Å². The SMILES string of the molecule is COc1c(CN)ccc(F)c1Br. The highest BCUT2D eigenvalue weighted by Gasteiger charge is 2.09. The fourth-order valence-electron chi connectivity index (χ4n) is 0.953. The molecule has 0 unspecified atom stereocenters. The van der Waals surface area contributed by atoms with Crippen LogP contribution >= 0.6 is 15.9 Å². The van der Waals surface area contributed by atoms with Gasteiger partial charge < -0.3 is 10.5 Å². The molecule has 0 spiro atoms. The molecule has 1 aromatic carbocycles. The Bertz CT molecular complexity index is 291. The zero-order valence-corrected chi connectivity index (χ0v) is 8.19. The molecule has 0 aliphatic heterocycles. The second-order valence-electron chi connectivity index (χ2n) is 2.26. The number of benzene rings is 1. The molecule has 0 heterocycles. The minimum atomic E-state index is -0.343. The average Bonchev–Trinajstić information content (AvgIpc) is 2.09. The maximum absolute atomic E-state index is 12.9. The first kappa shape index (κ1) is 9.48. The molecule has 0 aliphatic carbocycles. The van der Waals surface area contributed by atoms with Crippen molar-refractivity contribution in [1.82, 2.24) is 0 Å². The first-order valence-electron chi connectivity index (χ1n) is 3.41. The van der Waals surface area contributed by atoms with E-state index < -0.39 is 0 Å². The van der Waals surface area contributed by atoms with Crippen molar-refractivity contribution >= 4 is 15.9 Å². The van der Waals surface area contributed by atoms with E-state index in [1.807, 2.05) is 0 Å². The summed E-state index contributed by atoms with van der Waals surface area (Å²) in [6.07, 6.45) is 0. The number of ether oxygens (including phenoxy) is 1. The molecule has 4 heteroatoms. The highest BCUT2D eigenvalue weighted by molar-refractivity contribution is 9.10. The molecule has 0 atom stereocenters. The number of methoxy groups -OCH3 is 1. The molecule has 2 nitrogen and oxygen atoms in total. The highest BCUT2D eigenvalue weighted by Crippen LogP contribution is 2.30. The molecule has 1 aromatic rings. The van der Waals surface area contributed by atoms with Gasteiger partial charge in [-0.05, 0) is 22.0 Å². The van der Waals surface area contributed by atoms with Crippen LogP contribution in [-0.2, 0) is 6.54 Å². The molecule has 0 aliphatic rings. The first-order chi connectivity index (χ1) is 5.70. The molecule has 12 heavy (non-hydrogen) atoms. The Morgan fingerprint density at radius 1 is 1.58 bits per heavy atom. The lowest BCUT2D eigenvalue weighted by atomic mass is 10.2. The van der Waals surface area contributed by atoms with Crippen molar-refractivity contribution in [3.63, 3.8) is 0 Å². The molecule has 0 saturated heterocycles. The van der Waals surface area contributed by atoms with Crippen LogP contribution in [0.3, 0.4) is 0 Å². The summed E-state index contributed by atoms with van der Waals surface area (Å²) >= 11 is 3.08. The van der Waals surface area contributed by atoms with E-state index in [9.17, 15) is 4.39 Å². The van der Waals surface area contributed by atoms with Crippen molar-refractivity contribution in [3.05, 3.63) is 28.0 Å². The van der Waals surface area contributed by atoms with Crippen LogP contribution in [0.25, 0.3) is 0 Å². The van der Waals surface area contributed by atoms with E-state index in [0.717, 1.165) is 5.56 Å². The molecule has 66 valence electrons. The van der Waals surface area contributed by atoms with Crippen LogP contribution in [0, 0.1) is 5.82 Å². The Morgan fingerprint density at radius 2 is 2.25 bits per heavy atom. The number of nitrogens with two attached hydrogens (primary N) is 1. The van der Waals surface area contributed by atoms with Crippen LogP contribution in [-0.4, -0.2) is 7.11 Å². The van der Waals surface area contributed by atoms with Gasteiger partial charge in [-0.2, -0.15) is 0 Å². The summed E-state index contributed by atoms with van der Waals surface area (Å²) in [5.41, 5.74) is 6.21. The number of hydrogen-bond acceptors (Lipinski definition) is 2. The summed E-state index contributed by atoms with van der Waals surface area (Å²) in [5, 5.41) is 0. The Morgan fingerprint density at radius 3 is 2.75 bits per heavy atom. The Labute approximate surface area is 78.6 Å². The summed E-state index contributed by atoms with van der Waals surface area (Å²) in [6, 6.07) is 2.97. The Hall–Kier alpha value is -0.610. The van der Waals surface area contributed by atoms with Gasteiger partial charge in [0.1, 0.15) is 11.6 Å². The summed E-state index contributed by atoms with van der Waals surface area (Å²) in [6.45, 7) is 0.335.